The summed E-state index contributed by atoms with van der Waals surface area (Å²) in [6.07, 6.45) is 1.58. The standard InChI is InChI=1S/C24H23F2N5O2/c1-12-3-4-14(19(25)5-12)18-10-31(9-13(18)11-32)24(33)15-6-16-21(7-20(15)26)29-23(27)17-8-28-30(2)22(16)17/h3-8,13,18,32H,9-11H2,1-2H3,(H2,27,29)/t13-,18+/m0/s1. The van der Waals surface area contributed by atoms with Crippen LogP contribution in [-0.2, 0) is 7.05 Å². The van der Waals surface area contributed by atoms with Gasteiger partial charge in [0.05, 0.1) is 28.2 Å². The van der Waals surface area contributed by atoms with Gasteiger partial charge >= 0.3 is 0 Å². The van der Waals surface area contributed by atoms with Gasteiger partial charge in [-0.1, -0.05) is 12.1 Å². The SMILES string of the molecule is Cc1ccc([C@@H]2CN(C(=O)c3cc4c(cc3F)nc(N)c3cnn(C)c34)C[C@H]2CO)c(F)c1. The first-order valence-electron chi connectivity index (χ1n) is 10.6. The fourth-order valence-corrected chi connectivity index (χ4v) is 4.82. The number of fused-ring (bicyclic) bond motifs is 3. The molecule has 170 valence electrons. The highest BCUT2D eigenvalue weighted by molar-refractivity contribution is 6.10. The quantitative estimate of drug-likeness (QED) is 0.499. The summed E-state index contributed by atoms with van der Waals surface area (Å²) in [5.41, 5.74) is 8.09. The number of nitrogens with two attached hydrogens (primary N) is 1. The van der Waals surface area contributed by atoms with Crippen LogP contribution in [0.25, 0.3) is 21.8 Å². The number of likely N-dealkylation sites (tertiary alicyclic amines) is 1. The molecule has 2 atom stereocenters. The molecule has 2 aromatic carbocycles. The number of rotatable bonds is 3. The van der Waals surface area contributed by atoms with E-state index in [1.165, 1.54) is 23.1 Å². The minimum atomic E-state index is -0.716. The Morgan fingerprint density at radius 3 is 2.70 bits per heavy atom. The Hall–Kier alpha value is -3.59. The molecule has 0 aliphatic carbocycles. The summed E-state index contributed by atoms with van der Waals surface area (Å²) in [5.74, 6) is -2.10. The van der Waals surface area contributed by atoms with E-state index in [4.69, 9.17) is 5.73 Å². The predicted molar refractivity (Wildman–Crippen MR) is 121 cm³/mol. The van der Waals surface area contributed by atoms with Crippen LogP contribution < -0.4 is 5.73 Å². The van der Waals surface area contributed by atoms with Crippen LogP contribution in [0, 0.1) is 24.5 Å². The summed E-state index contributed by atoms with van der Waals surface area (Å²) in [6.45, 7) is 1.97. The number of hydrogen-bond acceptors (Lipinski definition) is 5. The van der Waals surface area contributed by atoms with E-state index in [1.54, 1.807) is 37.0 Å². The molecule has 0 saturated carbocycles. The minimum Gasteiger partial charge on any atom is -0.396 e. The maximum Gasteiger partial charge on any atom is 0.256 e. The number of nitrogens with zero attached hydrogens (tertiary/aromatic N) is 4. The van der Waals surface area contributed by atoms with E-state index in [9.17, 15) is 14.3 Å². The van der Waals surface area contributed by atoms with Gasteiger partial charge in [-0.3, -0.25) is 9.48 Å². The number of amides is 1. The van der Waals surface area contributed by atoms with E-state index in [1.807, 2.05) is 0 Å². The average molecular weight is 451 g/mol. The number of anilines is 1. The first-order valence-corrected chi connectivity index (χ1v) is 10.6. The molecule has 2 aromatic heterocycles. The van der Waals surface area contributed by atoms with Gasteiger partial charge in [-0.25, -0.2) is 13.8 Å². The van der Waals surface area contributed by atoms with Gasteiger partial charge in [-0.2, -0.15) is 5.10 Å². The highest BCUT2D eigenvalue weighted by Crippen LogP contribution is 2.36. The van der Waals surface area contributed by atoms with Crippen molar-refractivity contribution in [3.8, 4) is 0 Å². The van der Waals surface area contributed by atoms with E-state index in [0.717, 1.165) is 5.56 Å². The highest BCUT2D eigenvalue weighted by Gasteiger charge is 2.38. The first kappa shape index (κ1) is 21.3. The number of aryl methyl sites for hydroxylation is 2. The van der Waals surface area contributed by atoms with E-state index < -0.39 is 11.7 Å². The largest absolute Gasteiger partial charge is 0.396 e. The van der Waals surface area contributed by atoms with Gasteiger partial charge in [0.25, 0.3) is 5.91 Å². The molecule has 33 heavy (non-hydrogen) atoms. The Morgan fingerprint density at radius 1 is 1.18 bits per heavy atom. The third kappa shape index (κ3) is 3.39. The minimum absolute atomic E-state index is 0.113. The predicted octanol–water partition coefficient (Wildman–Crippen LogP) is 3.14. The summed E-state index contributed by atoms with van der Waals surface area (Å²) in [5, 5.41) is 15.3. The molecule has 4 aromatic rings. The Balaban J connectivity index is 1.54. The van der Waals surface area contributed by atoms with Gasteiger partial charge in [-0.05, 0) is 30.2 Å². The molecular formula is C24H23F2N5O2. The summed E-state index contributed by atoms with van der Waals surface area (Å²) in [4.78, 5) is 19.1. The molecule has 1 fully saturated rings. The van der Waals surface area contributed by atoms with Crippen molar-refractivity contribution in [2.75, 3.05) is 25.4 Å². The second-order valence-electron chi connectivity index (χ2n) is 8.66. The Morgan fingerprint density at radius 2 is 1.97 bits per heavy atom. The van der Waals surface area contributed by atoms with Crippen LogP contribution in [-0.4, -0.2) is 50.4 Å². The molecule has 5 rings (SSSR count). The second-order valence-corrected chi connectivity index (χ2v) is 8.66. The van der Waals surface area contributed by atoms with Gasteiger partial charge in [0.15, 0.2) is 0 Å². The van der Waals surface area contributed by atoms with Crippen LogP contribution in [0.2, 0.25) is 0 Å². The smallest absolute Gasteiger partial charge is 0.256 e. The maximum atomic E-state index is 15.0. The van der Waals surface area contributed by atoms with Crippen molar-refractivity contribution in [3.05, 3.63) is 64.9 Å². The maximum absolute atomic E-state index is 15.0. The fourth-order valence-electron chi connectivity index (χ4n) is 4.82. The van der Waals surface area contributed by atoms with Gasteiger partial charge in [0.1, 0.15) is 17.5 Å². The van der Waals surface area contributed by atoms with Crippen molar-refractivity contribution < 1.29 is 18.7 Å². The summed E-state index contributed by atoms with van der Waals surface area (Å²) in [6, 6.07) is 7.60. The van der Waals surface area contributed by atoms with Crippen molar-refractivity contribution in [1.29, 1.82) is 0 Å². The molecule has 1 saturated heterocycles. The van der Waals surface area contributed by atoms with Gasteiger partial charge in [-0.15, -0.1) is 0 Å². The zero-order valence-corrected chi connectivity index (χ0v) is 18.2. The van der Waals surface area contributed by atoms with Crippen molar-refractivity contribution in [3.63, 3.8) is 0 Å². The van der Waals surface area contributed by atoms with Crippen LogP contribution in [0.5, 0.6) is 0 Å². The van der Waals surface area contributed by atoms with Crippen molar-refractivity contribution in [2.45, 2.75) is 12.8 Å². The van der Waals surface area contributed by atoms with Crippen LogP contribution >= 0.6 is 0 Å². The number of aliphatic hydroxyl groups is 1. The Labute approximate surface area is 188 Å². The Kier molecular flexibility index (Phi) is 5.01. The summed E-state index contributed by atoms with van der Waals surface area (Å²) >= 11 is 0. The molecule has 1 amide bonds. The molecule has 0 unspecified atom stereocenters. The lowest BCUT2D eigenvalue weighted by molar-refractivity contribution is 0.0777. The molecule has 3 heterocycles. The molecule has 0 radical (unpaired) electrons. The molecule has 0 spiro atoms. The number of aliphatic hydroxyl groups excluding tert-OH is 1. The molecule has 9 heteroatoms. The lowest BCUT2D eigenvalue weighted by Gasteiger charge is -2.18. The van der Waals surface area contributed by atoms with Crippen LogP contribution in [0.1, 0.15) is 27.4 Å². The molecule has 7 nitrogen and oxygen atoms in total. The number of aromatic nitrogens is 3. The fraction of sp³-hybridized carbons (Fsp3) is 0.292. The number of nitrogen functional groups attached to an aromatic ring is 1. The molecule has 0 bridgehead atoms. The lowest BCUT2D eigenvalue weighted by atomic mass is 9.89. The zero-order chi connectivity index (χ0) is 23.4. The number of hydrogen-bond donors (Lipinski definition) is 2. The number of halogens is 2. The van der Waals surface area contributed by atoms with Crippen LogP contribution in [0.3, 0.4) is 0 Å². The summed E-state index contributed by atoms with van der Waals surface area (Å²) in [7, 11) is 1.74. The van der Waals surface area contributed by atoms with E-state index in [2.05, 4.69) is 10.1 Å². The monoisotopic (exact) mass is 451 g/mol. The molecule has 3 N–H and O–H groups in total. The van der Waals surface area contributed by atoms with Crippen molar-refractivity contribution in [2.24, 2.45) is 13.0 Å². The molecular weight excluding hydrogens is 428 g/mol. The molecule has 1 aliphatic heterocycles. The number of benzene rings is 2. The summed E-state index contributed by atoms with van der Waals surface area (Å²) < 4.78 is 31.3. The highest BCUT2D eigenvalue weighted by atomic mass is 19.1. The topological polar surface area (TPSA) is 97.3 Å². The van der Waals surface area contributed by atoms with Gasteiger partial charge in [0.2, 0.25) is 0 Å². The van der Waals surface area contributed by atoms with E-state index in [-0.39, 0.29) is 48.7 Å². The number of pyridine rings is 1. The van der Waals surface area contributed by atoms with E-state index >= 15 is 4.39 Å². The lowest BCUT2D eigenvalue weighted by Crippen LogP contribution is -2.30. The first-order chi connectivity index (χ1) is 15.8. The third-order valence-corrected chi connectivity index (χ3v) is 6.54. The van der Waals surface area contributed by atoms with Crippen LogP contribution in [0.15, 0.2) is 36.5 Å². The number of carbonyl (C=O) groups is 1. The normalized spacial score (nSPS) is 18.5. The number of carbonyl (C=O) groups excluding carboxylic acids is 1. The van der Waals surface area contributed by atoms with Crippen LogP contribution in [0.4, 0.5) is 14.6 Å². The zero-order valence-electron chi connectivity index (χ0n) is 18.2. The van der Waals surface area contributed by atoms with Gasteiger partial charge < -0.3 is 15.7 Å². The second kappa shape index (κ2) is 7.77. The van der Waals surface area contributed by atoms with Crippen molar-refractivity contribution >= 4 is 33.5 Å². The third-order valence-electron chi connectivity index (χ3n) is 6.54. The molecule has 1 aliphatic rings. The van der Waals surface area contributed by atoms with E-state index in [0.29, 0.717) is 27.4 Å². The average Bonchev–Trinajstić information content (AvgIpc) is 3.37. The Bertz CT molecular complexity index is 1420. The van der Waals surface area contributed by atoms with Gasteiger partial charge in [0, 0.05) is 50.0 Å². The van der Waals surface area contributed by atoms with Crippen molar-refractivity contribution in [1.82, 2.24) is 19.7 Å².